The van der Waals surface area contributed by atoms with Crippen LogP contribution in [-0.4, -0.2) is 75.9 Å². The number of alkyl halides is 3. The zero-order chi connectivity index (χ0) is 27.7. The van der Waals surface area contributed by atoms with Gasteiger partial charge in [0.25, 0.3) is 5.91 Å². The summed E-state index contributed by atoms with van der Waals surface area (Å²) in [6.07, 6.45) is -4.51. The number of nitrogens with one attached hydrogen (secondary N) is 1. The maximum absolute atomic E-state index is 14.2. The molecule has 8 nitrogen and oxygen atoms in total. The highest BCUT2D eigenvalue weighted by atomic mass is 35.5. The minimum Gasteiger partial charge on any atom is -0.465 e. The number of carboxylic acid groups (broad SMARTS) is 1. The van der Waals surface area contributed by atoms with Gasteiger partial charge in [-0.1, -0.05) is 23.7 Å². The van der Waals surface area contributed by atoms with Crippen molar-refractivity contribution in [2.24, 2.45) is 5.92 Å². The quantitative estimate of drug-likeness (QED) is 0.554. The normalized spacial score (nSPS) is 22.3. The molecule has 2 aliphatic heterocycles. The van der Waals surface area contributed by atoms with E-state index in [1.54, 1.807) is 31.2 Å². The van der Waals surface area contributed by atoms with Gasteiger partial charge in [-0.2, -0.15) is 13.2 Å². The molecule has 38 heavy (non-hydrogen) atoms. The van der Waals surface area contributed by atoms with Crippen LogP contribution in [0.4, 0.5) is 18.0 Å². The molecular weight excluding hydrogens is 525 g/mol. The Morgan fingerprint density at radius 1 is 1.16 bits per heavy atom. The number of benzene rings is 1. The minimum absolute atomic E-state index is 0.106. The van der Waals surface area contributed by atoms with Crippen LogP contribution in [0.25, 0.3) is 0 Å². The predicted molar refractivity (Wildman–Crippen MR) is 133 cm³/mol. The van der Waals surface area contributed by atoms with Crippen LogP contribution in [-0.2, 0) is 11.0 Å². The van der Waals surface area contributed by atoms with E-state index in [2.05, 4.69) is 10.3 Å². The van der Waals surface area contributed by atoms with Gasteiger partial charge in [0.2, 0.25) is 0 Å². The monoisotopic (exact) mass is 552 g/mol. The summed E-state index contributed by atoms with van der Waals surface area (Å²) in [7, 11) is 0. The fraction of sp³-hybridized carbons (Fsp3) is 0.462. The molecule has 0 bridgehead atoms. The number of piperidine rings is 1. The first-order chi connectivity index (χ1) is 18.0. The summed E-state index contributed by atoms with van der Waals surface area (Å²) < 4.78 is 38.5. The van der Waals surface area contributed by atoms with Crippen LogP contribution < -0.4 is 5.32 Å². The van der Waals surface area contributed by atoms with E-state index in [9.17, 15) is 32.7 Å². The van der Waals surface area contributed by atoms with Crippen molar-refractivity contribution in [2.45, 2.75) is 37.4 Å². The lowest BCUT2D eigenvalue weighted by molar-refractivity contribution is -0.138. The molecule has 1 aromatic heterocycles. The van der Waals surface area contributed by atoms with Gasteiger partial charge in [-0.25, -0.2) is 4.79 Å². The maximum Gasteiger partial charge on any atom is 0.417 e. The van der Waals surface area contributed by atoms with Crippen LogP contribution >= 0.6 is 11.6 Å². The molecule has 2 aliphatic rings. The molecule has 1 aromatic carbocycles. The van der Waals surface area contributed by atoms with Crippen LogP contribution in [0.1, 0.15) is 47.3 Å². The van der Waals surface area contributed by atoms with E-state index >= 15 is 0 Å². The van der Waals surface area contributed by atoms with Crippen LogP contribution in [0, 0.1) is 5.92 Å². The minimum atomic E-state index is -4.55. The second kappa shape index (κ2) is 10.9. The van der Waals surface area contributed by atoms with Gasteiger partial charge in [-0.05, 0) is 49.6 Å². The number of rotatable bonds is 6. The highest BCUT2D eigenvalue weighted by Gasteiger charge is 2.56. The molecule has 0 unspecified atom stereocenters. The molecule has 2 fully saturated rings. The number of pyridine rings is 1. The summed E-state index contributed by atoms with van der Waals surface area (Å²) in [5, 5.41) is 13.8. The first-order valence-electron chi connectivity index (χ1n) is 12.3. The maximum atomic E-state index is 14.2. The number of carbonyl (C=O) groups is 3. The van der Waals surface area contributed by atoms with E-state index in [4.69, 9.17) is 11.6 Å². The van der Waals surface area contributed by atoms with Gasteiger partial charge in [-0.3, -0.25) is 19.5 Å². The molecule has 4 rings (SSSR count). The van der Waals surface area contributed by atoms with E-state index < -0.39 is 41.1 Å². The molecule has 2 amide bonds. The Hall–Kier alpha value is -3.18. The van der Waals surface area contributed by atoms with Crippen molar-refractivity contribution in [2.75, 3.05) is 32.7 Å². The van der Waals surface area contributed by atoms with Crippen LogP contribution in [0.3, 0.4) is 0 Å². The van der Waals surface area contributed by atoms with Crippen molar-refractivity contribution in [1.29, 1.82) is 0 Å². The van der Waals surface area contributed by atoms with Crippen LogP contribution in [0.15, 0.2) is 42.6 Å². The standard InChI is InChI=1S/C26H28ClF3N4O4/c1-2-34(24(37)38)25(15-31-14-20(25)16-3-6-19(27)7-4-16)22(35)17-9-11-33(12-10-17)23(36)21-8-5-18(13-32-21)26(28,29)30/h3-8,13,17,20,31H,2,9-12,14-15H2,1H3,(H,37,38)/t20-,25+/m0/s1. The smallest absolute Gasteiger partial charge is 0.417 e. The molecule has 204 valence electrons. The molecule has 2 N–H and O–H groups in total. The topological polar surface area (TPSA) is 103 Å². The van der Waals surface area contributed by atoms with E-state index in [0.29, 0.717) is 30.6 Å². The number of nitrogens with zero attached hydrogens (tertiary/aromatic N) is 3. The van der Waals surface area contributed by atoms with Crippen molar-refractivity contribution in [3.05, 3.63) is 64.4 Å². The molecule has 0 saturated carbocycles. The average Bonchev–Trinajstić information content (AvgIpc) is 3.33. The van der Waals surface area contributed by atoms with E-state index in [1.807, 2.05) is 0 Å². The third-order valence-corrected chi connectivity index (χ3v) is 7.76. The number of Topliss-reactive ketones (excluding diaryl/α,β-unsaturated/α-hetero) is 1. The number of aromatic nitrogens is 1. The summed E-state index contributed by atoms with van der Waals surface area (Å²) in [6.45, 7) is 2.78. The second-order valence-corrected chi connectivity index (χ2v) is 9.98. The summed E-state index contributed by atoms with van der Waals surface area (Å²) in [5.74, 6) is -1.64. The first kappa shape index (κ1) is 27.8. The van der Waals surface area contributed by atoms with Crippen LogP contribution in [0.5, 0.6) is 0 Å². The lowest BCUT2D eigenvalue weighted by Crippen LogP contribution is -2.63. The Labute approximate surface area is 222 Å². The van der Waals surface area contributed by atoms with Gasteiger partial charge < -0.3 is 15.3 Å². The summed E-state index contributed by atoms with van der Waals surface area (Å²) in [4.78, 5) is 45.7. The van der Waals surface area contributed by atoms with Gasteiger partial charge in [-0.15, -0.1) is 0 Å². The van der Waals surface area contributed by atoms with Gasteiger partial charge in [0.1, 0.15) is 11.2 Å². The number of likely N-dealkylation sites (tertiary alicyclic amines) is 1. The van der Waals surface area contributed by atoms with Crippen molar-refractivity contribution >= 4 is 29.4 Å². The van der Waals surface area contributed by atoms with Crippen molar-refractivity contribution in [3.8, 4) is 0 Å². The third-order valence-electron chi connectivity index (χ3n) is 7.51. The predicted octanol–water partition coefficient (Wildman–Crippen LogP) is 4.30. The number of halogens is 4. The number of carbonyl (C=O) groups excluding carboxylic acids is 2. The van der Waals surface area contributed by atoms with E-state index in [1.165, 1.54) is 9.80 Å². The number of hydrogen-bond donors (Lipinski definition) is 2. The lowest BCUT2D eigenvalue weighted by atomic mass is 9.71. The van der Waals surface area contributed by atoms with Gasteiger partial charge >= 0.3 is 12.3 Å². The Kier molecular flexibility index (Phi) is 7.98. The van der Waals surface area contributed by atoms with Gasteiger partial charge in [0.05, 0.1) is 5.56 Å². The van der Waals surface area contributed by atoms with Crippen molar-refractivity contribution < 1.29 is 32.7 Å². The Balaban J connectivity index is 1.54. The fourth-order valence-electron chi connectivity index (χ4n) is 5.60. The molecular formula is C26H28ClF3N4O4. The van der Waals surface area contributed by atoms with Crippen molar-refractivity contribution in [1.82, 2.24) is 20.1 Å². The largest absolute Gasteiger partial charge is 0.465 e. The number of likely N-dealkylation sites (N-methyl/N-ethyl adjacent to an activating group) is 1. The number of amides is 2. The summed E-state index contributed by atoms with van der Waals surface area (Å²) in [6, 6.07) is 8.88. The molecule has 0 radical (unpaired) electrons. The van der Waals surface area contributed by atoms with Gasteiger partial charge in [0.15, 0.2) is 5.78 Å². The second-order valence-electron chi connectivity index (χ2n) is 9.55. The molecule has 2 saturated heterocycles. The first-order valence-corrected chi connectivity index (χ1v) is 12.7. The zero-order valence-electron chi connectivity index (χ0n) is 20.7. The molecule has 0 aliphatic carbocycles. The third kappa shape index (κ3) is 5.22. The molecule has 2 aromatic rings. The number of ketones is 1. The van der Waals surface area contributed by atoms with E-state index in [-0.39, 0.29) is 37.7 Å². The molecule has 0 spiro atoms. The number of hydrogen-bond acceptors (Lipinski definition) is 5. The Morgan fingerprint density at radius 3 is 2.34 bits per heavy atom. The molecule has 3 heterocycles. The SMILES string of the molecule is CCN(C(=O)O)[C@]1(C(=O)C2CCN(C(=O)c3ccc(C(F)(F)F)cn3)CC2)CNC[C@H]1c1ccc(Cl)cc1. The zero-order valence-corrected chi connectivity index (χ0v) is 21.4. The average molecular weight is 553 g/mol. The van der Waals surface area contributed by atoms with Gasteiger partial charge in [0, 0.05) is 55.8 Å². The Morgan fingerprint density at radius 2 is 1.82 bits per heavy atom. The van der Waals surface area contributed by atoms with E-state index in [0.717, 1.165) is 17.7 Å². The summed E-state index contributed by atoms with van der Waals surface area (Å²) in [5.41, 5.74) is -1.58. The molecule has 2 atom stereocenters. The summed E-state index contributed by atoms with van der Waals surface area (Å²) >= 11 is 6.05. The highest BCUT2D eigenvalue weighted by Crippen LogP contribution is 2.41. The highest BCUT2D eigenvalue weighted by molar-refractivity contribution is 6.30. The lowest BCUT2D eigenvalue weighted by Gasteiger charge is -2.44. The van der Waals surface area contributed by atoms with Crippen LogP contribution in [0.2, 0.25) is 5.02 Å². The van der Waals surface area contributed by atoms with Crippen molar-refractivity contribution in [3.63, 3.8) is 0 Å². The Bertz CT molecular complexity index is 1180. The molecule has 12 heteroatoms. The fourth-order valence-corrected chi connectivity index (χ4v) is 5.73.